The molecule has 0 heterocycles. The molecular formula is C22H19BrN2O4. The lowest BCUT2D eigenvalue weighted by atomic mass is 10.1. The van der Waals surface area contributed by atoms with Crippen LogP contribution in [0.25, 0.3) is 0 Å². The minimum Gasteiger partial charge on any atom is -0.495 e. The van der Waals surface area contributed by atoms with E-state index in [4.69, 9.17) is 9.47 Å². The zero-order valence-electron chi connectivity index (χ0n) is 15.9. The van der Waals surface area contributed by atoms with Crippen molar-refractivity contribution in [1.29, 1.82) is 0 Å². The zero-order chi connectivity index (χ0) is 20.8. The quantitative estimate of drug-likeness (QED) is 0.518. The van der Waals surface area contributed by atoms with Crippen LogP contribution >= 0.6 is 15.9 Å². The van der Waals surface area contributed by atoms with Gasteiger partial charge in [0.25, 0.3) is 5.91 Å². The summed E-state index contributed by atoms with van der Waals surface area (Å²) in [5.41, 5.74) is 1.36. The predicted octanol–water partition coefficient (Wildman–Crippen LogP) is 5.46. The number of methoxy groups -OCH3 is 1. The second-order valence-corrected chi connectivity index (χ2v) is 7.02. The van der Waals surface area contributed by atoms with Gasteiger partial charge >= 0.3 is 0 Å². The average molecular weight is 455 g/mol. The minimum absolute atomic E-state index is 0.237. The van der Waals surface area contributed by atoms with Gasteiger partial charge in [0.05, 0.1) is 18.4 Å². The van der Waals surface area contributed by atoms with E-state index >= 15 is 0 Å². The number of benzene rings is 3. The molecule has 0 aliphatic carbocycles. The number of rotatable bonds is 6. The van der Waals surface area contributed by atoms with Crippen molar-refractivity contribution in [3.05, 3.63) is 76.8 Å². The van der Waals surface area contributed by atoms with E-state index in [0.29, 0.717) is 34.2 Å². The third-order valence-electron chi connectivity index (χ3n) is 3.92. The number of amides is 2. The first-order valence-corrected chi connectivity index (χ1v) is 9.55. The van der Waals surface area contributed by atoms with Gasteiger partial charge in [-0.1, -0.05) is 34.1 Å². The van der Waals surface area contributed by atoms with E-state index in [1.54, 1.807) is 42.5 Å². The standard InChI is InChI=1S/C22H19BrN2O4/c1-14(26)24-19-13-16(10-11-21(19)28-2)25-22(27)18-8-3-4-9-20(18)29-17-7-5-6-15(23)12-17/h3-13H,1-2H3,(H,24,26)(H,25,27). The largest absolute Gasteiger partial charge is 0.495 e. The summed E-state index contributed by atoms with van der Waals surface area (Å²) < 4.78 is 12.0. The van der Waals surface area contributed by atoms with Gasteiger partial charge in [-0.3, -0.25) is 9.59 Å². The van der Waals surface area contributed by atoms with E-state index in [-0.39, 0.29) is 11.8 Å². The van der Waals surface area contributed by atoms with Gasteiger partial charge in [0.1, 0.15) is 17.2 Å². The smallest absolute Gasteiger partial charge is 0.259 e. The Hall–Kier alpha value is -3.32. The van der Waals surface area contributed by atoms with E-state index in [0.717, 1.165) is 4.47 Å². The number of nitrogens with one attached hydrogen (secondary N) is 2. The molecule has 3 rings (SSSR count). The van der Waals surface area contributed by atoms with Crippen LogP contribution < -0.4 is 20.1 Å². The lowest BCUT2D eigenvalue weighted by Gasteiger charge is -2.14. The molecule has 0 aliphatic heterocycles. The monoisotopic (exact) mass is 454 g/mol. The number of hydrogen-bond donors (Lipinski definition) is 2. The Morgan fingerprint density at radius 3 is 2.41 bits per heavy atom. The highest BCUT2D eigenvalue weighted by molar-refractivity contribution is 9.10. The molecule has 0 fully saturated rings. The van der Waals surface area contributed by atoms with Crippen molar-refractivity contribution >= 4 is 39.1 Å². The number of halogens is 1. The molecule has 0 radical (unpaired) electrons. The molecule has 7 heteroatoms. The van der Waals surface area contributed by atoms with Crippen molar-refractivity contribution in [2.75, 3.05) is 17.7 Å². The fourth-order valence-electron chi connectivity index (χ4n) is 2.67. The third kappa shape index (κ3) is 5.36. The van der Waals surface area contributed by atoms with E-state index in [1.165, 1.54) is 14.0 Å². The molecule has 3 aromatic carbocycles. The summed E-state index contributed by atoms with van der Waals surface area (Å²) in [4.78, 5) is 24.3. The summed E-state index contributed by atoms with van der Waals surface area (Å²) in [6.07, 6.45) is 0. The molecule has 0 bridgehead atoms. The van der Waals surface area contributed by atoms with Crippen LogP contribution in [0, 0.1) is 0 Å². The third-order valence-corrected chi connectivity index (χ3v) is 4.42. The SMILES string of the molecule is COc1ccc(NC(=O)c2ccccc2Oc2cccc(Br)c2)cc1NC(C)=O. The molecular weight excluding hydrogens is 436 g/mol. The maximum Gasteiger partial charge on any atom is 0.259 e. The van der Waals surface area contributed by atoms with Gasteiger partial charge in [0.2, 0.25) is 5.91 Å². The van der Waals surface area contributed by atoms with Gasteiger partial charge in [0.15, 0.2) is 0 Å². The molecule has 0 atom stereocenters. The van der Waals surface area contributed by atoms with Crippen LogP contribution in [0.15, 0.2) is 71.2 Å². The number of para-hydroxylation sites is 1. The lowest BCUT2D eigenvalue weighted by Crippen LogP contribution is -2.14. The van der Waals surface area contributed by atoms with Gasteiger partial charge < -0.3 is 20.1 Å². The predicted molar refractivity (Wildman–Crippen MR) is 116 cm³/mol. The number of carbonyl (C=O) groups excluding carboxylic acids is 2. The first-order chi connectivity index (χ1) is 14.0. The van der Waals surface area contributed by atoms with Gasteiger partial charge in [-0.15, -0.1) is 0 Å². The second-order valence-electron chi connectivity index (χ2n) is 6.11. The molecule has 3 aromatic rings. The summed E-state index contributed by atoms with van der Waals surface area (Å²) >= 11 is 3.40. The highest BCUT2D eigenvalue weighted by atomic mass is 79.9. The Balaban J connectivity index is 1.84. The highest BCUT2D eigenvalue weighted by Gasteiger charge is 2.14. The molecule has 6 nitrogen and oxygen atoms in total. The fourth-order valence-corrected chi connectivity index (χ4v) is 3.05. The van der Waals surface area contributed by atoms with Gasteiger partial charge in [0, 0.05) is 17.1 Å². The minimum atomic E-state index is -0.338. The van der Waals surface area contributed by atoms with Crippen molar-refractivity contribution in [1.82, 2.24) is 0 Å². The van der Waals surface area contributed by atoms with Crippen LogP contribution in [-0.4, -0.2) is 18.9 Å². The van der Waals surface area contributed by atoms with Crippen LogP contribution in [0.2, 0.25) is 0 Å². The molecule has 0 saturated heterocycles. The number of anilines is 2. The van der Waals surface area contributed by atoms with Gasteiger partial charge in [-0.2, -0.15) is 0 Å². The first kappa shape index (κ1) is 20.4. The molecule has 0 unspecified atom stereocenters. The molecule has 0 aromatic heterocycles. The maximum absolute atomic E-state index is 12.9. The number of carbonyl (C=O) groups is 2. The average Bonchev–Trinajstić information content (AvgIpc) is 2.68. The van der Waals surface area contributed by atoms with E-state index < -0.39 is 0 Å². The Kier molecular flexibility index (Phi) is 6.51. The first-order valence-electron chi connectivity index (χ1n) is 8.75. The van der Waals surface area contributed by atoms with E-state index in [2.05, 4.69) is 26.6 Å². The Morgan fingerprint density at radius 2 is 1.69 bits per heavy atom. The molecule has 148 valence electrons. The summed E-state index contributed by atoms with van der Waals surface area (Å²) in [6, 6.07) is 19.3. The number of ether oxygens (including phenoxy) is 2. The molecule has 0 spiro atoms. The van der Waals surface area contributed by atoms with Crippen LogP contribution in [0.4, 0.5) is 11.4 Å². The summed E-state index contributed by atoms with van der Waals surface area (Å²) in [5.74, 6) is 0.960. The number of hydrogen-bond acceptors (Lipinski definition) is 4. The highest BCUT2D eigenvalue weighted by Crippen LogP contribution is 2.30. The molecule has 0 saturated carbocycles. The summed E-state index contributed by atoms with van der Waals surface area (Å²) in [7, 11) is 1.51. The van der Waals surface area contributed by atoms with Crippen molar-refractivity contribution in [3.8, 4) is 17.2 Å². The summed E-state index contributed by atoms with van der Waals surface area (Å²) in [5, 5.41) is 5.51. The maximum atomic E-state index is 12.9. The Morgan fingerprint density at radius 1 is 0.897 bits per heavy atom. The van der Waals surface area contributed by atoms with Gasteiger partial charge in [-0.05, 0) is 48.5 Å². The van der Waals surface area contributed by atoms with E-state index in [9.17, 15) is 9.59 Å². The second kappa shape index (κ2) is 9.25. The van der Waals surface area contributed by atoms with Crippen molar-refractivity contribution in [3.63, 3.8) is 0 Å². The van der Waals surface area contributed by atoms with Crippen LogP contribution in [-0.2, 0) is 4.79 Å². The van der Waals surface area contributed by atoms with Crippen LogP contribution in [0.5, 0.6) is 17.2 Å². The van der Waals surface area contributed by atoms with Crippen LogP contribution in [0.1, 0.15) is 17.3 Å². The Bertz CT molecular complexity index is 1050. The van der Waals surface area contributed by atoms with Crippen molar-refractivity contribution < 1.29 is 19.1 Å². The molecule has 2 N–H and O–H groups in total. The van der Waals surface area contributed by atoms with Crippen molar-refractivity contribution in [2.24, 2.45) is 0 Å². The zero-order valence-corrected chi connectivity index (χ0v) is 17.4. The fraction of sp³-hybridized carbons (Fsp3) is 0.0909. The van der Waals surface area contributed by atoms with Crippen LogP contribution in [0.3, 0.4) is 0 Å². The normalized spacial score (nSPS) is 10.2. The topological polar surface area (TPSA) is 76.7 Å². The molecule has 29 heavy (non-hydrogen) atoms. The van der Waals surface area contributed by atoms with Gasteiger partial charge in [-0.25, -0.2) is 0 Å². The Labute approximate surface area is 177 Å². The summed E-state index contributed by atoms with van der Waals surface area (Å²) in [6.45, 7) is 1.40. The lowest BCUT2D eigenvalue weighted by molar-refractivity contribution is -0.114. The molecule has 0 aliphatic rings. The molecule has 2 amide bonds. The van der Waals surface area contributed by atoms with Crippen molar-refractivity contribution in [2.45, 2.75) is 6.92 Å². The van der Waals surface area contributed by atoms with E-state index in [1.807, 2.05) is 24.3 Å².